The Labute approximate surface area is 95.5 Å². The van der Waals surface area contributed by atoms with Gasteiger partial charge in [-0.2, -0.15) is 0 Å². The highest BCUT2D eigenvalue weighted by atomic mass is 35.5. The topological polar surface area (TPSA) is 38.9 Å². The number of aromatic nitrogens is 1. The van der Waals surface area contributed by atoms with Crippen molar-refractivity contribution in [1.29, 1.82) is 0 Å². The molecule has 0 radical (unpaired) electrons. The number of benzene rings is 1. The molecule has 1 aromatic heterocycles. The molecule has 2 rings (SSSR count). The second kappa shape index (κ2) is 3.79. The second-order valence-corrected chi connectivity index (χ2v) is 4.50. The van der Waals surface area contributed by atoms with Crippen LogP contribution in [0.3, 0.4) is 0 Å². The first-order valence-electron chi connectivity index (χ1n) is 4.27. The minimum absolute atomic E-state index is 0.353. The summed E-state index contributed by atoms with van der Waals surface area (Å²) >= 11 is 7.18. The molecule has 1 heterocycles. The fourth-order valence-electron chi connectivity index (χ4n) is 1.36. The predicted molar refractivity (Wildman–Crippen MR) is 61.7 cm³/mol. The van der Waals surface area contributed by atoms with E-state index in [2.05, 4.69) is 4.98 Å². The summed E-state index contributed by atoms with van der Waals surface area (Å²) in [6.45, 7) is 1.78. The zero-order chi connectivity index (χ0) is 11.0. The molecular weight excluding hydrogens is 235 g/mol. The molecule has 0 aliphatic rings. The maximum absolute atomic E-state index is 13.6. The largest absolute Gasteiger partial charge is 0.375 e. The van der Waals surface area contributed by atoms with Gasteiger partial charge in [0.1, 0.15) is 5.82 Å². The minimum atomic E-state index is -0.353. The lowest BCUT2D eigenvalue weighted by Gasteiger charge is -2.03. The van der Waals surface area contributed by atoms with E-state index in [4.69, 9.17) is 17.3 Å². The van der Waals surface area contributed by atoms with Gasteiger partial charge in [0.2, 0.25) is 0 Å². The standard InChI is InChI=1S/C10H8ClFN2S/c1-5-9(15-10(13)14-5)8-6(11)3-2-4-7(8)12/h2-4H,1H3,(H2,13,14). The van der Waals surface area contributed by atoms with E-state index in [9.17, 15) is 4.39 Å². The summed E-state index contributed by atoms with van der Waals surface area (Å²) in [5.41, 5.74) is 6.64. The third-order valence-corrected chi connectivity index (χ3v) is 3.32. The van der Waals surface area contributed by atoms with Crippen molar-refractivity contribution in [1.82, 2.24) is 4.98 Å². The van der Waals surface area contributed by atoms with Crippen molar-refractivity contribution in [2.75, 3.05) is 5.73 Å². The van der Waals surface area contributed by atoms with Crippen LogP contribution in [0.4, 0.5) is 9.52 Å². The molecule has 0 saturated carbocycles. The van der Waals surface area contributed by atoms with Gasteiger partial charge in [-0.25, -0.2) is 9.37 Å². The average Bonchev–Trinajstić information content (AvgIpc) is 2.45. The van der Waals surface area contributed by atoms with E-state index in [-0.39, 0.29) is 5.82 Å². The van der Waals surface area contributed by atoms with Crippen LogP contribution in [-0.4, -0.2) is 4.98 Å². The highest BCUT2D eigenvalue weighted by molar-refractivity contribution is 7.19. The molecule has 0 aliphatic heterocycles. The zero-order valence-corrected chi connectivity index (χ0v) is 9.49. The average molecular weight is 243 g/mol. The van der Waals surface area contributed by atoms with Gasteiger partial charge < -0.3 is 5.73 Å². The highest BCUT2D eigenvalue weighted by Gasteiger charge is 2.15. The van der Waals surface area contributed by atoms with Gasteiger partial charge in [0.15, 0.2) is 5.13 Å². The Morgan fingerprint density at radius 1 is 1.47 bits per heavy atom. The van der Waals surface area contributed by atoms with Crippen molar-refractivity contribution in [2.24, 2.45) is 0 Å². The van der Waals surface area contributed by atoms with Crippen molar-refractivity contribution in [3.8, 4) is 10.4 Å². The monoisotopic (exact) mass is 242 g/mol. The van der Waals surface area contributed by atoms with Crippen LogP contribution in [0.5, 0.6) is 0 Å². The molecule has 15 heavy (non-hydrogen) atoms. The molecular formula is C10H8ClFN2S. The Morgan fingerprint density at radius 3 is 2.73 bits per heavy atom. The van der Waals surface area contributed by atoms with Gasteiger partial charge in [-0.3, -0.25) is 0 Å². The summed E-state index contributed by atoms with van der Waals surface area (Å²) in [6.07, 6.45) is 0. The molecule has 0 saturated heterocycles. The van der Waals surface area contributed by atoms with Crippen molar-refractivity contribution >= 4 is 28.1 Å². The van der Waals surface area contributed by atoms with Crippen molar-refractivity contribution in [3.05, 3.63) is 34.7 Å². The summed E-state index contributed by atoms with van der Waals surface area (Å²) in [5, 5.41) is 0.795. The summed E-state index contributed by atoms with van der Waals surface area (Å²) in [7, 11) is 0. The van der Waals surface area contributed by atoms with E-state index in [1.165, 1.54) is 17.4 Å². The van der Waals surface area contributed by atoms with Crippen molar-refractivity contribution < 1.29 is 4.39 Å². The van der Waals surface area contributed by atoms with E-state index in [0.717, 1.165) is 0 Å². The molecule has 0 unspecified atom stereocenters. The van der Waals surface area contributed by atoms with Crippen LogP contribution in [0.25, 0.3) is 10.4 Å². The lowest BCUT2D eigenvalue weighted by atomic mass is 10.1. The zero-order valence-electron chi connectivity index (χ0n) is 7.92. The third-order valence-electron chi connectivity index (χ3n) is 2.00. The van der Waals surface area contributed by atoms with E-state index >= 15 is 0 Å². The summed E-state index contributed by atoms with van der Waals surface area (Å²) < 4.78 is 13.6. The number of nitrogens with zero attached hydrogens (tertiary/aromatic N) is 1. The Morgan fingerprint density at radius 2 is 2.20 bits per heavy atom. The summed E-state index contributed by atoms with van der Waals surface area (Å²) in [6, 6.07) is 4.59. The van der Waals surface area contributed by atoms with Crippen molar-refractivity contribution in [2.45, 2.75) is 6.92 Å². The molecule has 0 fully saturated rings. The van der Waals surface area contributed by atoms with Crippen LogP contribution >= 0.6 is 22.9 Å². The predicted octanol–water partition coefficient (Wildman–Crippen LogP) is 3.49. The molecule has 2 N–H and O–H groups in total. The molecule has 2 nitrogen and oxygen atoms in total. The fraction of sp³-hybridized carbons (Fsp3) is 0.100. The number of anilines is 1. The Hall–Kier alpha value is -1.13. The first-order valence-corrected chi connectivity index (χ1v) is 5.46. The first-order chi connectivity index (χ1) is 7.09. The van der Waals surface area contributed by atoms with E-state index in [1.807, 2.05) is 0 Å². The summed E-state index contributed by atoms with van der Waals surface area (Å²) in [5.74, 6) is -0.353. The first kappa shape index (κ1) is 10.4. The third kappa shape index (κ3) is 1.82. The molecule has 0 amide bonds. The minimum Gasteiger partial charge on any atom is -0.375 e. The number of hydrogen-bond donors (Lipinski definition) is 1. The Balaban J connectivity index is 2.68. The van der Waals surface area contributed by atoms with E-state index < -0.39 is 0 Å². The van der Waals surface area contributed by atoms with Crippen LogP contribution in [-0.2, 0) is 0 Å². The van der Waals surface area contributed by atoms with Crippen LogP contribution in [0.1, 0.15) is 5.69 Å². The number of hydrogen-bond acceptors (Lipinski definition) is 3. The van der Waals surface area contributed by atoms with Crippen LogP contribution < -0.4 is 5.73 Å². The molecule has 0 bridgehead atoms. The van der Waals surface area contributed by atoms with Gasteiger partial charge in [0.05, 0.1) is 15.6 Å². The molecule has 0 aliphatic carbocycles. The number of thiazole rings is 1. The SMILES string of the molecule is Cc1nc(N)sc1-c1c(F)cccc1Cl. The van der Waals surface area contributed by atoms with E-state index in [1.54, 1.807) is 19.1 Å². The molecule has 1 aromatic carbocycles. The van der Waals surface area contributed by atoms with Gasteiger partial charge in [0, 0.05) is 5.56 Å². The van der Waals surface area contributed by atoms with E-state index in [0.29, 0.717) is 26.3 Å². The van der Waals surface area contributed by atoms with Crippen molar-refractivity contribution in [3.63, 3.8) is 0 Å². The molecule has 0 atom stereocenters. The lowest BCUT2D eigenvalue weighted by molar-refractivity contribution is 0.631. The molecule has 5 heteroatoms. The molecule has 0 spiro atoms. The number of rotatable bonds is 1. The normalized spacial score (nSPS) is 10.6. The van der Waals surface area contributed by atoms with Gasteiger partial charge in [0.25, 0.3) is 0 Å². The maximum Gasteiger partial charge on any atom is 0.180 e. The number of aryl methyl sites for hydroxylation is 1. The number of nitrogen functional groups attached to an aromatic ring is 1. The Bertz CT molecular complexity index is 490. The van der Waals surface area contributed by atoms with Crippen LogP contribution in [0.2, 0.25) is 5.02 Å². The quantitative estimate of drug-likeness (QED) is 0.831. The fourth-order valence-corrected chi connectivity index (χ4v) is 2.57. The molecule has 78 valence electrons. The molecule has 2 aromatic rings. The van der Waals surface area contributed by atoms with Crippen LogP contribution in [0.15, 0.2) is 18.2 Å². The van der Waals surface area contributed by atoms with Gasteiger partial charge in [-0.15, -0.1) is 0 Å². The van der Waals surface area contributed by atoms with Crippen LogP contribution in [0, 0.1) is 12.7 Å². The number of halogens is 2. The maximum atomic E-state index is 13.6. The summed E-state index contributed by atoms with van der Waals surface area (Å²) in [4.78, 5) is 4.73. The number of nitrogens with two attached hydrogens (primary N) is 1. The lowest BCUT2D eigenvalue weighted by Crippen LogP contribution is -1.85. The van der Waals surface area contributed by atoms with Gasteiger partial charge in [-0.05, 0) is 19.1 Å². The van der Waals surface area contributed by atoms with Gasteiger partial charge >= 0.3 is 0 Å². The highest BCUT2D eigenvalue weighted by Crippen LogP contribution is 2.37. The smallest absolute Gasteiger partial charge is 0.180 e. The second-order valence-electron chi connectivity index (χ2n) is 3.06. The Kier molecular flexibility index (Phi) is 2.63. The van der Waals surface area contributed by atoms with Gasteiger partial charge in [-0.1, -0.05) is 29.0 Å².